The lowest BCUT2D eigenvalue weighted by atomic mass is 9.76. The van der Waals surface area contributed by atoms with Gasteiger partial charge in [-0.3, -0.25) is 4.57 Å². The standard InChI is InChI=1S/C58H44N2/c1-4-16-39(17-5-1)45-22-10-12-24-47(45)55-49-26-14-15-27-50(49)56(48-25-13-11-23-46(48)40-18-6-2-7-19-40)53-36-42(32-34-51(53)55)38-28-30-41(31-29-38)58-59-57-52-37-43(52)33-35-54(57)60(58)44-20-8-3-9-21-44/h1-4,6-16,18-22,24-36,43,46,52H,5,17,23,37H2/t43?,46?,52-/m0/s1. The molecule has 0 saturated heterocycles. The molecule has 0 amide bonds. The third kappa shape index (κ3) is 5.81. The van der Waals surface area contributed by atoms with Crippen LogP contribution in [0, 0.1) is 5.92 Å². The molecule has 0 bridgehead atoms. The van der Waals surface area contributed by atoms with Gasteiger partial charge in [-0.15, -0.1) is 0 Å². The second-order valence-electron chi connectivity index (χ2n) is 16.8. The van der Waals surface area contributed by atoms with Crippen molar-refractivity contribution < 1.29 is 0 Å². The second-order valence-corrected chi connectivity index (χ2v) is 16.8. The lowest BCUT2D eigenvalue weighted by Crippen LogP contribution is -2.06. The van der Waals surface area contributed by atoms with Gasteiger partial charge in [0.15, 0.2) is 0 Å². The second kappa shape index (κ2) is 14.4. The van der Waals surface area contributed by atoms with Crippen molar-refractivity contribution in [3.05, 3.63) is 222 Å². The number of para-hydroxylation sites is 1. The number of fused-ring (bicyclic) bond motifs is 5. The van der Waals surface area contributed by atoms with Gasteiger partial charge in [0.25, 0.3) is 0 Å². The van der Waals surface area contributed by atoms with Crippen molar-refractivity contribution in [2.75, 3.05) is 0 Å². The van der Waals surface area contributed by atoms with Crippen LogP contribution in [0.4, 0.5) is 0 Å². The highest BCUT2D eigenvalue weighted by Crippen LogP contribution is 2.54. The van der Waals surface area contributed by atoms with Gasteiger partial charge < -0.3 is 0 Å². The number of aromatic nitrogens is 2. The highest BCUT2D eigenvalue weighted by Gasteiger charge is 2.43. The van der Waals surface area contributed by atoms with E-state index in [1.54, 1.807) is 0 Å². The van der Waals surface area contributed by atoms with Crippen molar-refractivity contribution in [2.24, 2.45) is 5.92 Å². The first-order valence-corrected chi connectivity index (χ1v) is 21.6. The van der Waals surface area contributed by atoms with Crippen LogP contribution in [0.2, 0.25) is 0 Å². The Kier molecular flexibility index (Phi) is 8.37. The molecule has 0 radical (unpaired) electrons. The molecule has 60 heavy (non-hydrogen) atoms. The van der Waals surface area contributed by atoms with Gasteiger partial charge in [-0.2, -0.15) is 0 Å². The normalized spacial score (nSPS) is 18.9. The van der Waals surface area contributed by atoms with Gasteiger partial charge >= 0.3 is 0 Å². The fraction of sp³-hybridized carbons (Fsp3) is 0.121. The SMILES string of the molecule is C1=CCCC(c2ccccc2-c2c3ccccc3c(C3=CC=CCC3c3ccccc3)c3cc(-c4ccc(-c5nc6c(n5-c5ccccc5)C=CC5C[C@H]65)cc4)ccc23)=C1. The summed E-state index contributed by atoms with van der Waals surface area (Å²) in [5, 5.41) is 5.17. The van der Waals surface area contributed by atoms with Crippen molar-refractivity contribution in [1.29, 1.82) is 0 Å². The molecule has 1 saturated carbocycles. The maximum Gasteiger partial charge on any atom is 0.145 e. The summed E-state index contributed by atoms with van der Waals surface area (Å²) in [7, 11) is 0. The molecule has 1 aromatic heterocycles. The highest BCUT2D eigenvalue weighted by molar-refractivity contribution is 6.20. The zero-order chi connectivity index (χ0) is 39.6. The van der Waals surface area contributed by atoms with Crippen LogP contribution in [-0.4, -0.2) is 9.55 Å². The maximum atomic E-state index is 5.36. The Balaban J connectivity index is 1.06. The van der Waals surface area contributed by atoms with Crippen molar-refractivity contribution in [3.8, 4) is 39.3 Å². The van der Waals surface area contributed by atoms with Gasteiger partial charge in [-0.05, 0) is 128 Å². The van der Waals surface area contributed by atoms with Crippen LogP contribution in [0.5, 0.6) is 0 Å². The molecule has 286 valence electrons. The van der Waals surface area contributed by atoms with E-state index in [2.05, 4.69) is 205 Å². The fourth-order valence-electron chi connectivity index (χ4n) is 10.3. The topological polar surface area (TPSA) is 17.8 Å². The number of rotatable bonds is 7. The molecule has 2 unspecified atom stereocenters. The Morgan fingerprint density at radius 3 is 2.05 bits per heavy atom. The third-order valence-corrected chi connectivity index (χ3v) is 13.4. The predicted molar refractivity (Wildman–Crippen MR) is 252 cm³/mol. The molecule has 0 N–H and O–H groups in total. The average Bonchev–Trinajstić information content (AvgIpc) is 4.03. The van der Waals surface area contributed by atoms with Crippen molar-refractivity contribution in [2.45, 2.75) is 37.5 Å². The van der Waals surface area contributed by atoms with E-state index < -0.39 is 0 Å². The molecular formula is C58H44N2. The molecule has 0 spiro atoms. The Morgan fingerprint density at radius 2 is 1.25 bits per heavy atom. The summed E-state index contributed by atoms with van der Waals surface area (Å²) < 4.78 is 2.36. The summed E-state index contributed by atoms with van der Waals surface area (Å²) in [4.78, 5) is 5.36. The average molecular weight is 769 g/mol. The highest BCUT2D eigenvalue weighted by atomic mass is 15.1. The molecule has 1 fully saturated rings. The van der Waals surface area contributed by atoms with Gasteiger partial charge in [0.05, 0.1) is 11.4 Å². The number of allylic oxidation sites excluding steroid dienone is 9. The van der Waals surface area contributed by atoms with Crippen LogP contribution in [0.1, 0.15) is 65.6 Å². The van der Waals surface area contributed by atoms with Crippen LogP contribution >= 0.6 is 0 Å². The van der Waals surface area contributed by atoms with Crippen LogP contribution in [0.3, 0.4) is 0 Å². The molecular weight excluding hydrogens is 725 g/mol. The van der Waals surface area contributed by atoms with Crippen LogP contribution in [0.25, 0.3) is 78.1 Å². The van der Waals surface area contributed by atoms with E-state index in [9.17, 15) is 0 Å². The zero-order valence-electron chi connectivity index (χ0n) is 33.5. The first kappa shape index (κ1) is 35.0. The molecule has 7 aromatic carbocycles. The minimum absolute atomic E-state index is 0.253. The Morgan fingerprint density at radius 1 is 0.567 bits per heavy atom. The first-order chi connectivity index (χ1) is 29.8. The largest absolute Gasteiger partial charge is 0.293 e. The van der Waals surface area contributed by atoms with E-state index in [0.29, 0.717) is 11.8 Å². The minimum atomic E-state index is 0.253. The number of hydrogen-bond donors (Lipinski definition) is 0. The van der Waals surface area contributed by atoms with E-state index >= 15 is 0 Å². The van der Waals surface area contributed by atoms with E-state index in [-0.39, 0.29) is 5.92 Å². The third-order valence-electron chi connectivity index (χ3n) is 13.4. The summed E-state index contributed by atoms with van der Waals surface area (Å²) in [5.41, 5.74) is 16.6. The van der Waals surface area contributed by atoms with Crippen LogP contribution in [0.15, 0.2) is 194 Å². The van der Waals surface area contributed by atoms with Gasteiger partial charge in [0.1, 0.15) is 5.82 Å². The van der Waals surface area contributed by atoms with E-state index in [4.69, 9.17) is 4.98 Å². The lowest BCUT2D eigenvalue weighted by molar-refractivity contribution is 0.876. The lowest BCUT2D eigenvalue weighted by Gasteiger charge is -2.27. The molecule has 2 heteroatoms. The van der Waals surface area contributed by atoms with Gasteiger partial charge in [-0.1, -0.05) is 176 Å². The van der Waals surface area contributed by atoms with E-state index in [0.717, 1.165) is 36.3 Å². The Labute approximate surface area is 351 Å². The fourth-order valence-corrected chi connectivity index (χ4v) is 10.3. The number of nitrogens with zero attached hydrogens (tertiary/aromatic N) is 2. The van der Waals surface area contributed by atoms with E-state index in [1.165, 1.54) is 89.4 Å². The summed E-state index contributed by atoms with van der Waals surface area (Å²) in [6, 6.07) is 56.4. The first-order valence-electron chi connectivity index (χ1n) is 21.6. The number of benzene rings is 7. The van der Waals surface area contributed by atoms with Crippen molar-refractivity contribution in [3.63, 3.8) is 0 Å². The van der Waals surface area contributed by atoms with Gasteiger partial charge in [-0.25, -0.2) is 4.98 Å². The molecule has 8 aromatic rings. The zero-order valence-corrected chi connectivity index (χ0v) is 33.5. The predicted octanol–water partition coefficient (Wildman–Crippen LogP) is 15.2. The van der Waals surface area contributed by atoms with E-state index in [1.807, 2.05) is 0 Å². The van der Waals surface area contributed by atoms with Crippen molar-refractivity contribution in [1.82, 2.24) is 9.55 Å². The smallest absolute Gasteiger partial charge is 0.145 e. The monoisotopic (exact) mass is 768 g/mol. The summed E-state index contributed by atoms with van der Waals surface area (Å²) in [5.74, 6) is 2.45. The molecule has 12 rings (SSSR count). The summed E-state index contributed by atoms with van der Waals surface area (Å²) in [6.45, 7) is 0. The van der Waals surface area contributed by atoms with Crippen LogP contribution < -0.4 is 0 Å². The van der Waals surface area contributed by atoms with Gasteiger partial charge in [0, 0.05) is 23.1 Å². The van der Waals surface area contributed by atoms with Gasteiger partial charge in [0.2, 0.25) is 0 Å². The molecule has 3 atom stereocenters. The summed E-state index contributed by atoms with van der Waals surface area (Å²) >= 11 is 0. The number of imidazole rings is 1. The molecule has 0 aliphatic heterocycles. The van der Waals surface area contributed by atoms with Crippen molar-refractivity contribution >= 4 is 38.8 Å². The minimum Gasteiger partial charge on any atom is -0.293 e. The Hall–Kier alpha value is -7.03. The Bertz CT molecular complexity index is 3130. The van der Waals surface area contributed by atoms with Crippen LogP contribution in [-0.2, 0) is 0 Å². The molecule has 4 aliphatic rings. The number of hydrogen-bond acceptors (Lipinski definition) is 1. The molecule has 2 nitrogen and oxygen atoms in total. The quantitative estimate of drug-likeness (QED) is 0.148. The maximum absolute atomic E-state index is 5.36. The summed E-state index contributed by atoms with van der Waals surface area (Å²) in [6.07, 6.45) is 22.8. The molecule has 1 heterocycles. The molecule has 4 aliphatic carbocycles.